The quantitative estimate of drug-likeness (QED) is 0.405. The summed E-state index contributed by atoms with van der Waals surface area (Å²) in [6, 6.07) is 15.5. The van der Waals surface area contributed by atoms with Gasteiger partial charge in [0, 0.05) is 5.02 Å². The number of rotatable bonds is 8. The van der Waals surface area contributed by atoms with Crippen molar-refractivity contribution >= 4 is 29.3 Å². The van der Waals surface area contributed by atoms with E-state index in [4.69, 9.17) is 21.1 Å². The van der Waals surface area contributed by atoms with Gasteiger partial charge in [-0.05, 0) is 36.2 Å². The van der Waals surface area contributed by atoms with Crippen molar-refractivity contribution in [2.75, 3.05) is 12.9 Å². The van der Waals surface area contributed by atoms with Crippen LogP contribution < -0.4 is 4.74 Å². The second-order valence-corrected chi connectivity index (χ2v) is 7.38. The lowest BCUT2D eigenvalue weighted by molar-refractivity contribution is -0.137. The Bertz CT molecular complexity index is 947. The predicted molar refractivity (Wildman–Crippen MR) is 109 cm³/mol. The lowest BCUT2D eigenvalue weighted by Crippen LogP contribution is -2.11. The first-order valence-corrected chi connectivity index (χ1v) is 9.97. The fourth-order valence-corrected chi connectivity index (χ4v) is 3.40. The summed E-state index contributed by atoms with van der Waals surface area (Å²) in [6.45, 7) is 2.75. The zero-order valence-corrected chi connectivity index (χ0v) is 17.2. The van der Waals surface area contributed by atoms with Gasteiger partial charge in [-0.15, -0.1) is 10.2 Å². The highest BCUT2D eigenvalue weighted by Crippen LogP contribution is 2.23. The second-order valence-electron chi connectivity index (χ2n) is 6.04. The van der Waals surface area contributed by atoms with Crippen molar-refractivity contribution < 1.29 is 14.3 Å². The molecule has 0 N–H and O–H groups in total. The molecular formula is C20H20ClN3O3S. The molecule has 1 aromatic heterocycles. The van der Waals surface area contributed by atoms with Crippen molar-refractivity contribution in [3.63, 3.8) is 0 Å². The van der Waals surface area contributed by atoms with Crippen molar-refractivity contribution in [3.8, 4) is 5.75 Å². The molecule has 0 aliphatic carbocycles. The van der Waals surface area contributed by atoms with Crippen LogP contribution in [0.25, 0.3) is 0 Å². The fourth-order valence-electron chi connectivity index (χ4n) is 2.49. The minimum atomic E-state index is -0.311. The summed E-state index contributed by atoms with van der Waals surface area (Å²) < 4.78 is 12.5. The molecule has 3 aromatic rings. The van der Waals surface area contributed by atoms with Crippen LogP contribution in [-0.2, 0) is 22.7 Å². The Hall–Kier alpha value is -2.51. The minimum absolute atomic E-state index is 0.167. The monoisotopic (exact) mass is 417 g/mol. The predicted octanol–water partition coefficient (Wildman–Crippen LogP) is 4.13. The van der Waals surface area contributed by atoms with Crippen molar-refractivity contribution in [2.24, 2.45) is 0 Å². The van der Waals surface area contributed by atoms with E-state index >= 15 is 0 Å². The number of thioether (sulfide) groups is 1. The average Bonchev–Trinajstić information content (AvgIpc) is 3.09. The number of nitrogens with zero attached hydrogens (tertiary/aromatic N) is 3. The van der Waals surface area contributed by atoms with E-state index in [9.17, 15) is 4.79 Å². The Kier molecular flexibility index (Phi) is 6.95. The van der Waals surface area contributed by atoms with E-state index in [1.54, 1.807) is 6.07 Å². The highest BCUT2D eigenvalue weighted by molar-refractivity contribution is 7.99. The molecule has 0 radical (unpaired) electrons. The summed E-state index contributed by atoms with van der Waals surface area (Å²) in [6.07, 6.45) is 0. The number of carbonyl (C=O) groups excluding carboxylic acids is 1. The van der Waals surface area contributed by atoms with Crippen LogP contribution in [0.2, 0.25) is 5.02 Å². The lowest BCUT2D eigenvalue weighted by Gasteiger charge is -2.11. The van der Waals surface area contributed by atoms with Gasteiger partial charge in [0.05, 0.1) is 19.4 Å². The van der Waals surface area contributed by atoms with E-state index in [-0.39, 0.29) is 18.3 Å². The average molecular weight is 418 g/mol. The van der Waals surface area contributed by atoms with Gasteiger partial charge in [0.15, 0.2) is 11.0 Å². The van der Waals surface area contributed by atoms with Gasteiger partial charge in [0.25, 0.3) is 0 Å². The van der Waals surface area contributed by atoms with Crippen LogP contribution in [0.3, 0.4) is 0 Å². The van der Waals surface area contributed by atoms with Gasteiger partial charge in [-0.2, -0.15) is 0 Å². The molecule has 0 bridgehead atoms. The summed E-state index contributed by atoms with van der Waals surface area (Å²) in [5.41, 5.74) is 2.05. The molecule has 2 aromatic carbocycles. The number of halogens is 1. The number of aryl methyl sites for hydroxylation is 1. The maximum atomic E-state index is 11.5. The van der Waals surface area contributed by atoms with Crippen LogP contribution in [0, 0.1) is 6.92 Å². The van der Waals surface area contributed by atoms with Crippen LogP contribution in [0.4, 0.5) is 0 Å². The zero-order valence-electron chi connectivity index (χ0n) is 15.6. The van der Waals surface area contributed by atoms with Crippen molar-refractivity contribution in [2.45, 2.75) is 25.2 Å². The normalized spacial score (nSPS) is 10.7. The fraction of sp³-hybridized carbons (Fsp3) is 0.250. The summed E-state index contributed by atoms with van der Waals surface area (Å²) in [5, 5.41) is 9.82. The molecule has 0 fully saturated rings. The van der Waals surface area contributed by atoms with Crippen LogP contribution in [0.1, 0.15) is 17.0 Å². The Morgan fingerprint density at radius 1 is 1.18 bits per heavy atom. The number of carbonyl (C=O) groups is 1. The second kappa shape index (κ2) is 9.61. The Balaban J connectivity index is 1.79. The Morgan fingerprint density at radius 2 is 1.96 bits per heavy atom. The van der Waals surface area contributed by atoms with E-state index in [2.05, 4.69) is 10.2 Å². The zero-order chi connectivity index (χ0) is 19.9. The third kappa shape index (κ3) is 5.27. The number of aromatic nitrogens is 3. The Labute approximate surface area is 172 Å². The third-order valence-corrected chi connectivity index (χ3v) is 5.39. The molecule has 0 aliphatic rings. The molecule has 8 heteroatoms. The molecule has 1 heterocycles. The maximum absolute atomic E-state index is 11.5. The molecular weight excluding hydrogens is 398 g/mol. The molecule has 0 amide bonds. The van der Waals surface area contributed by atoms with Crippen molar-refractivity contribution in [1.82, 2.24) is 14.8 Å². The van der Waals surface area contributed by atoms with E-state index in [1.807, 2.05) is 54.0 Å². The molecule has 28 heavy (non-hydrogen) atoms. The molecule has 0 spiro atoms. The number of methoxy groups -OCH3 is 1. The molecule has 0 atom stereocenters. The first kappa shape index (κ1) is 20.2. The van der Waals surface area contributed by atoms with E-state index in [1.165, 1.54) is 18.9 Å². The maximum Gasteiger partial charge on any atom is 0.316 e. The highest BCUT2D eigenvalue weighted by Gasteiger charge is 2.15. The number of hydrogen-bond acceptors (Lipinski definition) is 6. The molecule has 6 nitrogen and oxygen atoms in total. The van der Waals surface area contributed by atoms with Crippen LogP contribution >= 0.6 is 23.4 Å². The summed E-state index contributed by atoms with van der Waals surface area (Å²) >= 11 is 7.35. The number of hydrogen-bond donors (Lipinski definition) is 0. The largest absolute Gasteiger partial charge is 0.486 e. The van der Waals surface area contributed by atoms with Crippen molar-refractivity contribution in [3.05, 3.63) is 70.5 Å². The topological polar surface area (TPSA) is 66.2 Å². The molecule has 0 unspecified atom stereocenters. The van der Waals surface area contributed by atoms with Gasteiger partial charge in [0.1, 0.15) is 12.4 Å². The SMILES string of the molecule is COC(=O)CSc1nnc(COc2ccc(Cl)c(C)c2)n1Cc1ccccc1. The summed E-state index contributed by atoms with van der Waals surface area (Å²) in [5.74, 6) is 1.23. The molecule has 146 valence electrons. The molecule has 0 saturated heterocycles. The van der Waals surface area contributed by atoms with Gasteiger partial charge in [-0.3, -0.25) is 9.36 Å². The number of esters is 1. The van der Waals surface area contributed by atoms with Gasteiger partial charge in [0.2, 0.25) is 0 Å². The molecule has 3 rings (SSSR count). The first-order chi connectivity index (χ1) is 13.6. The van der Waals surface area contributed by atoms with Gasteiger partial charge in [-0.1, -0.05) is 53.7 Å². The summed E-state index contributed by atoms with van der Waals surface area (Å²) in [4.78, 5) is 11.5. The minimum Gasteiger partial charge on any atom is -0.486 e. The van der Waals surface area contributed by atoms with E-state index < -0.39 is 0 Å². The van der Waals surface area contributed by atoms with Crippen LogP contribution in [-0.4, -0.2) is 33.6 Å². The highest BCUT2D eigenvalue weighted by atomic mass is 35.5. The van der Waals surface area contributed by atoms with Gasteiger partial charge < -0.3 is 9.47 Å². The number of benzene rings is 2. The lowest BCUT2D eigenvalue weighted by atomic mass is 10.2. The van der Waals surface area contributed by atoms with Gasteiger partial charge >= 0.3 is 5.97 Å². The van der Waals surface area contributed by atoms with E-state index in [0.717, 1.165) is 11.1 Å². The standard InChI is InChI=1S/C20H20ClN3O3S/c1-14-10-16(8-9-17(14)21)27-12-18-22-23-20(28-13-19(25)26-2)24(18)11-15-6-4-3-5-7-15/h3-10H,11-13H2,1-2H3. The third-order valence-electron chi connectivity index (χ3n) is 4.02. The van der Waals surface area contributed by atoms with Crippen LogP contribution in [0.5, 0.6) is 5.75 Å². The van der Waals surface area contributed by atoms with Gasteiger partial charge in [-0.25, -0.2) is 0 Å². The van der Waals surface area contributed by atoms with Crippen LogP contribution in [0.15, 0.2) is 53.7 Å². The number of ether oxygens (including phenoxy) is 2. The van der Waals surface area contributed by atoms with Crippen molar-refractivity contribution in [1.29, 1.82) is 0 Å². The van der Waals surface area contributed by atoms with E-state index in [0.29, 0.717) is 28.3 Å². The Morgan fingerprint density at radius 3 is 2.68 bits per heavy atom. The smallest absolute Gasteiger partial charge is 0.316 e. The summed E-state index contributed by atoms with van der Waals surface area (Å²) in [7, 11) is 1.37. The first-order valence-electron chi connectivity index (χ1n) is 8.61. The molecule has 0 aliphatic heterocycles. The molecule has 0 saturated carbocycles.